The molecular formula is C14H25N3O. The topological polar surface area (TPSA) is 39.1 Å². The van der Waals surface area contributed by atoms with Crippen molar-refractivity contribution >= 4 is 5.95 Å². The van der Waals surface area contributed by atoms with Gasteiger partial charge in [0.2, 0.25) is 5.95 Å². The minimum atomic E-state index is 0.518. The van der Waals surface area contributed by atoms with Gasteiger partial charge < -0.3 is 14.6 Å². The Balaban J connectivity index is 1.88. The molecule has 0 atom stereocenters. The van der Waals surface area contributed by atoms with Crippen LogP contribution in [0.2, 0.25) is 0 Å². The van der Waals surface area contributed by atoms with E-state index in [0.29, 0.717) is 11.5 Å². The van der Waals surface area contributed by atoms with Crippen molar-refractivity contribution in [2.75, 3.05) is 19.0 Å². The zero-order chi connectivity index (χ0) is 13.0. The highest BCUT2D eigenvalue weighted by molar-refractivity contribution is 5.27. The molecule has 0 bridgehead atoms. The summed E-state index contributed by atoms with van der Waals surface area (Å²) in [6, 6.07) is 0.571. The molecule has 4 heteroatoms. The Hall–Kier alpha value is -1.03. The highest BCUT2D eigenvalue weighted by atomic mass is 16.5. The zero-order valence-electron chi connectivity index (χ0n) is 11.8. The fraction of sp³-hybridized carbons (Fsp3) is 0.786. The summed E-state index contributed by atoms with van der Waals surface area (Å²) in [7, 11) is 1.73. The quantitative estimate of drug-likeness (QED) is 0.874. The third-order valence-electron chi connectivity index (χ3n) is 3.92. The number of anilines is 1. The highest BCUT2D eigenvalue weighted by Gasteiger charge is 2.27. The first kappa shape index (κ1) is 13.4. The molecule has 18 heavy (non-hydrogen) atoms. The Kier molecular flexibility index (Phi) is 4.27. The molecule has 2 rings (SSSR count). The third-order valence-corrected chi connectivity index (χ3v) is 3.92. The first-order valence-electron chi connectivity index (χ1n) is 6.87. The molecule has 0 aliphatic heterocycles. The molecule has 1 aliphatic rings. The Morgan fingerprint density at radius 3 is 2.83 bits per heavy atom. The van der Waals surface area contributed by atoms with Gasteiger partial charge in [-0.3, -0.25) is 0 Å². The molecule has 1 saturated carbocycles. The Bertz CT molecular complexity index is 363. The second kappa shape index (κ2) is 5.74. The van der Waals surface area contributed by atoms with E-state index in [1.54, 1.807) is 7.11 Å². The number of nitrogens with zero attached hydrogens (tertiary/aromatic N) is 2. The van der Waals surface area contributed by atoms with E-state index in [9.17, 15) is 0 Å². The molecule has 1 aliphatic carbocycles. The summed E-state index contributed by atoms with van der Waals surface area (Å²) in [4.78, 5) is 4.40. The second-order valence-corrected chi connectivity index (χ2v) is 6.02. The number of rotatable bonds is 5. The SMILES string of the molecule is COCCn1ccnc1NC1CCC(C)(C)CC1. The van der Waals surface area contributed by atoms with Crippen molar-refractivity contribution in [2.45, 2.75) is 52.1 Å². The van der Waals surface area contributed by atoms with Crippen LogP contribution in [0.15, 0.2) is 12.4 Å². The van der Waals surface area contributed by atoms with E-state index in [1.165, 1.54) is 25.7 Å². The van der Waals surface area contributed by atoms with Crippen LogP contribution in [0.5, 0.6) is 0 Å². The lowest BCUT2D eigenvalue weighted by atomic mass is 9.76. The van der Waals surface area contributed by atoms with Crippen molar-refractivity contribution in [3.8, 4) is 0 Å². The van der Waals surface area contributed by atoms with Gasteiger partial charge in [0.25, 0.3) is 0 Å². The van der Waals surface area contributed by atoms with Crippen LogP contribution in [-0.4, -0.2) is 29.3 Å². The van der Waals surface area contributed by atoms with Gasteiger partial charge in [0.1, 0.15) is 0 Å². The van der Waals surface area contributed by atoms with E-state index in [-0.39, 0.29) is 0 Å². The van der Waals surface area contributed by atoms with Gasteiger partial charge >= 0.3 is 0 Å². The molecule has 102 valence electrons. The van der Waals surface area contributed by atoms with Gasteiger partial charge in [-0.25, -0.2) is 4.98 Å². The van der Waals surface area contributed by atoms with E-state index in [2.05, 4.69) is 28.7 Å². The van der Waals surface area contributed by atoms with Crippen LogP contribution in [0.25, 0.3) is 0 Å². The summed E-state index contributed by atoms with van der Waals surface area (Å²) >= 11 is 0. The maximum absolute atomic E-state index is 5.11. The van der Waals surface area contributed by atoms with Crippen molar-refractivity contribution in [3.05, 3.63) is 12.4 Å². The van der Waals surface area contributed by atoms with Crippen LogP contribution in [0.3, 0.4) is 0 Å². The molecule has 1 fully saturated rings. The standard InChI is InChI=1S/C14H25N3O/c1-14(2)6-4-12(5-7-14)16-13-15-8-9-17(13)10-11-18-3/h8-9,12H,4-7,10-11H2,1-3H3,(H,15,16). The van der Waals surface area contributed by atoms with Crippen molar-refractivity contribution in [1.29, 1.82) is 0 Å². The first-order chi connectivity index (χ1) is 8.61. The van der Waals surface area contributed by atoms with Gasteiger partial charge in [0.05, 0.1) is 6.61 Å². The van der Waals surface area contributed by atoms with Crippen LogP contribution < -0.4 is 5.32 Å². The summed E-state index contributed by atoms with van der Waals surface area (Å²) in [5, 5.41) is 3.57. The number of nitrogens with one attached hydrogen (secondary N) is 1. The third kappa shape index (κ3) is 3.48. The molecule has 0 spiro atoms. The van der Waals surface area contributed by atoms with Crippen molar-refractivity contribution in [1.82, 2.24) is 9.55 Å². The lowest BCUT2D eigenvalue weighted by Crippen LogP contribution is -2.31. The van der Waals surface area contributed by atoms with E-state index in [1.807, 2.05) is 12.4 Å². The molecule has 0 unspecified atom stereocenters. The number of aromatic nitrogens is 2. The molecule has 4 nitrogen and oxygen atoms in total. The number of hydrogen-bond acceptors (Lipinski definition) is 3. The summed E-state index contributed by atoms with van der Waals surface area (Å²) in [5.74, 6) is 0.983. The Labute approximate surface area is 110 Å². The van der Waals surface area contributed by atoms with Gasteiger partial charge in [-0.15, -0.1) is 0 Å². The van der Waals surface area contributed by atoms with Crippen LogP contribution in [0, 0.1) is 5.41 Å². The molecule has 0 aromatic carbocycles. The molecule has 1 aromatic rings. The van der Waals surface area contributed by atoms with E-state index in [4.69, 9.17) is 4.74 Å². The Morgan fingerprint density at radius 2 is 2.17 bits per heavy atom. The minimum absolute atomic E-state index is 0.518. The highest BCUT2D eigenvalue weighted by Crippen LogP contribution is 2.35. The predicted molar refractivity (Wildman–Crippen MR) is 73.8 cm³/mol. The fourth-order valence-corrected chi connectivity index (χ4v) is 2.55. The number of imidazole rings is 1. The van der Waals surface area contributed by atoms with E-state index in [0.717, 1.165) is 19.1 Å². The average Bonchev–Trinajstić information content (AvgIpc) is 2.77. The van der Waals surface area contributed by atoms with Gasteiger partial charge in [-0.05, 0) is 31.1 Å². The number of methoxy groups -OCH3 is 1. The fourth-order valence-electron chi connectivity index (χ4n) is 2.55. The van der Waals surface area contributed by atoms with Gasteiger partial charge in [0.15, 0.2) is 0 Å². The largest absolute Gasteiger partial charge is 0.383 e. The summed E-state index contributed by atoms with van der Waals surface area (Å²) in [6.45, 7) is 6.31. The van der Waals surface area contributed by atoms with E-state index >= 15 is 0 Å². The van der Waals surface area contributed by atoms with Crippen LogP contribution >= 0.6 is 0 Å². The number of ether oxygens (including phenoxy) is 1. The van der Waals surface area contributed by atoms with Crippen LogP contribution in [0.4, 0.5) is 5.95 Å². The average molecular weight is 251 g/mol. The molecule has 1 heterocycles. The lowest BCUT2D eigenvalue weighted by molar-refractivity contribution is 0.187. The molecule has 0 radical (unpaired) electrons. The summed E-state index contributed by atoms with van der Waals surface area (Å²) in [6.07, 6.45) is 8.93. The Morgan fingerprint density at radius 1 is 1.44 bits per heavy atom. The predicted octanol–water partition coefficient (Wildman–Crippen LogP) is 2.91. The van der Waals surface area contributed by atoms with Crippen molar-refractivity contribution in [3.63, 3.8) is 0 Å². The first-order valence-corrected chi connectivity index (χ1v) is 6.87. The van der Waals surface area contributed by atoms with Gasteiger partial charge in [-0.2, -0.15) is 0 Å². The summed E-state index contributed by atoms with van der Waals surface area (Å²) in [5.41, 5.74) is 0.518. The molecule has 1 N–H and O–H groups in total. The maximum atomic E-state index is 5.11. The summed E-state index contributed by atoms with van der Waals surface area (Å²) < 4.78 is 7.24. The minimum Gasteiger partial charge on any atom is -0.383 e. The normalized spacial score (nSPS) is 19.9. The molecule has 1 aromatic heterocycles. The molecular weight excluding hydrogens is 226 g/mol. The van der Waals surface area contributed by atoms with Crippen molar-refractivity contribution < 1.29 is 4.74 Å². The second-order valence-electron chi connectivity index (χ2n) is 6.02. The van der Waals surface area contributed by atoms with E-state index < -0.39 is 0 Å². The smallest absolute Gasteiger partial charge is 0.203 e. The zero-order valence-corrected chi connectivity index (χ0v) is 11.8. The molecule has 0 saturated heterocycles. The van der Waals surface area contributed by atoms with Crippen LogP contribution in [0.1, 0.15) is 39.5 Å². The van der Waals surface area contributed by atoms with Crippen LogP contribution in [-0.2, 0) is 11.3 Å². The maximum Gasteiger partial charge on any atom is 0.203 e. The monoisotopic (exact) mass is 251 g/mol. The molecule has 0 amide bonds. The van der Waals surface area contributed by atoms with Gasteiger partial charge in [0, 0.05) is 32.1 Å². The van der Waals surface area contributed by atoms with Crippen molar-refractivity contribution in [2.24, 2.45) is 5.41 Å². The lowest BCUT2D eigenvalue weighted by Gasteiger charge is -2.34. The van der Waals surface area contributed by atoms with Gasteiger partial charge in [-0.1, -0.05) is 13.8 Å². The number of hydrogen-bond donors (Lipinski definition) is 1.